The number of benzene rings is 2. The summed E-state index contributed by atoms with van der Waals surface area (Å²) in [7, 11) is 0. The van der Waals surface area contributed by atoms with E-state index in [1.165, 1.54) is 0 Å². The van der Waals surface area contributed by atoms with Crippen molar-refractivity contribution in [2.24, 2.45) is 0 Å². The lowest BCUT2D eigenvalue weighted by Gasteiger charge is -2.20. The normalized spacial score (nSPS) is 15.7. The molecule has 0 fully saturated rings. The number of rotatable bonds is 4. The lowest BCUT2D eigenvalue weighted by Crippen LogP contribution is -2.33. The summed E-state index contributed by atoms with van der Waals surface area (Å²) in [6.07, 6.45) is 3.21. The molecule has 1 N–H and O–H groups in total. The second kappa shape index (κ2) is 7.15. The lowest BCUT2D eigenvalue weighted by molar-refractivity contribution is -0.117. The SMILES string of the molecule is CCn1cc(CC(=O)Nc2ccc3c(c2)CC(C)N3C(C)=O)c2ccccc21. The molecule has 1 aliphatic rings. The monoisotopic (exact) mass is 375 g/mol. The van der Waals surface area contributed by atoms with Crippen LogP contribution in [0.2, 0.25) is 0 Å². The standard InChI is InChI=1S/C23H25N3O2/c1-4-25-14-18(20-7-5-6-8-22(20)25)13-23(28)24-19-9-10-21-17(12-19)11-15(2)26(21)16(3)27/h5-10,12,14-15H,4,11,13H2,1-3H3,(H,24,28). The van der Waals surface area contributed by atoms with Gasteiger partial charge in [-0.2, -0.15) is 0 Å². The van der Waals surface area contributed by atoms with Crippen molar-refractivity contribution in [3.05, 3.63) is 59.8 Å². The first-order chi connectivity index (χ1) is 13.5. The largest absolute Gasteiger partial charge is 0.347 e. The first-order valence-electron chi connectivity index (χ1n) is 9.77. The van der Waals surface area contributed by atoms with Crippen LogP contribution in [-0.4, -0.2) is 22.4 Å². The van der Waals surface area contributed by atoms with Crippen molar-refractivity contribution in [3.8, 4) is 0 Å². The Balaban J connectivity index is 1.53. The number of nitrogens with zero attached hydrogens (tertiary/aromatic N) is 2. The summed E-state index contributed by atoms with van der Waals surface area (Å²) in [6, 6.07) is 14.1. The fourth-order valence-corrected chi connectivity index (χ4v) is 4.29. The van der Waals surface area contributed by atoms with E-state index >= 15 is 0 Å². The van der Waals surface area contributed by atoms with E-state index in [0.717, 1.165) is 46.4 Å². The highest BCUT2D eigenvalue weighted by Gasteiger charge is 2.29. The second-order valence-corrected chi connectivity index (χ2v) is 7.47. The van der Waals surface area contributed by atoms with E-state index in [4.69, 9.17) is 0 Å². The Labute approximate surface area is 165 Å². The minimum Gasteiger partial charge on any atom is -0.347 e. The zero-order valence-electron chi connectivity index (χ0n) is 16.5. The van der Waals surface area contributed by atoms with E-state index in [9.17, 15) is 9.59 Å². The number of carbonyl (C=O) groups is 2. The fraction of sp³-hybridized carbons (Fsp3) is 0.304. The van der Waals surface area contributed by atoms with Gasteiger partial charge < -0.3 is 14.8 Å². The van der Waals surface area contributed by atoms with Crippen LogP contribution in [-0.2, 0) is 29.0 Å². The molecule has 1 atom stereocenters. The molecular weight excluding hydrogens is 350 g/mol. The minimum atomic E-state index is -0.0339. The summed E-state index contributed by atoms with van der Waals surface area (Å²) in [5, 5.41) is 4.14. The van der Waals surface area contributed by atoms with E-state index in [-0.39, 0.29) is 17.9 Å². The molecule has 2 aromatic carbocycles. The third-order valence-electron chi connectivity index (χ3n) is 5.48. The van der Waals surface area contributed by atoms with Crippen molar-refractivity contribution in [2.45, 2.75) is 46.2 Å². The molecule has 2 amide bonds. The highest BCUT2D eigenvalue weighted by Crippen LogP contribution is 2.34. The van der Waals surface area contributed by atoms with Crippen molar-refractivity contribution >= 4 is 34.1 Å². The predicted molar refractivity (Wildman–Crippen MR) is 113 cm³/mol. The van der Waals surface area contributed by atoms with Crippen LogP contribution in [0.1, 0.15) is 31.9 Å². The molecular formula is C23H25N3O2. The summed E-state index contributed by atoms with van der Waals surface area (Å²) in [5.41, 5.74) is 5.02. The number of nitrogens with one attached hydrogen (secondary N) is 1. The first kappa shape index (κ1) is 18.3. The number of para-hydroxylation sites is 1. The van der Waals surface area contributed by atoms with Crippen LogP contribution in [0.5, 0.6) is 0 Å². The van der Waals surface area contributed by atoms with Gasteiger partial charge in [0.2, 0.25) is 11.8 Å². The molecule has 2 heterocycles. The molecule has 0 aliphatic carbocycles. The summed E-state index contributed by atoms with van der Waals surface area (Å²) < 4.78 is 2.17. The Morgan fingerprint density at radius 1 is 1.18 bits per heavy atom. The number of carbonyl (C=O) groups excluding carboxylic acids is 2. The second-order valence-electron chi connectivity index (χ2n) is 7.47. The highest BCUT2D eigenvalue weighted by molar-refractivity contribution is 5.98. The topological polar surface area (TPSA) is 54.3 Å². The lowest BCUT2D eigenvalue weighted by atomic mass is 10.1. The molecule has 5 heteroatoms. The van der Waals surface area contributed by atoms with Crippen LogP contribution in [0.4, 0.5) is 11.4 Å². The molecule has 0 saturated heterocycles. The van der Waals surface area contributed by atoms with E-state index in [1.807, 2.05) is 42.2 Å². The van der Waals surface area contributed by atoms with Gasteiger partial charge in [-0.15, -0.1) is 0 Å². The smallest absolute Gasteiger partial charge is 0.228 e. The average Bonchev–Trinajstić information content (AvgIpc) is 3.18. The Hall–Kier alpha value is -3.08. The van der Waals surface area contributed by atoms with Crippen molar-refractivity contribution in [1.82, 2.24) is 4.57 Å². The summed E-state index contributed by atoms with van der Waals surface area (Å²) >= 11 is 0. The molecule has 1 aliphatic heterocycles. The van der Waals surface area contributed by atoms with E-state index in [0.29, 0.717) is 6.42 Å². The molecule has 3 aromatic rings. The van der Waals surface area contributed by atoms with Crippen LogP contribution in [0.25, 0.3) is 10.9 Å². The number of hydrogen-bond donors (Lipinski definition) is 1. The average molecular weight is 375 g/mol. The summed E-state index contributed by atoms with van der Waals surface area (Å²) in [5.74, 6) is 0.0174. The maximum absolute atomic E-state index is 12.7. The van der Waals surface area contributed by atoms with E-state index in [2.05, 4.69) is 35.1 Å². The van der Waals surface area contributed by atoms with Crippen molar-refractivity contribution in [1.29, 1.82) is 0 Å². The Kier molecular flexibility index (Phi) is 4.67. The molecule has 0 saturated carbocycles. The molecule has 28 heavy (non-hydrogen) atoms. The number of amides is 2. The Bertz CT molecular complexity index is 1070. The maximum atomic E-state index is 12.7. The van der Waals surface area contributed by atoms with Gasteiger partial charge in [0.25, 0.3) is 0 Å². The van der Waals surface area contributed by atoms with Gasteiger partial charge in [0.1, 0.15) is 0 Å². The van der Waals surface area contributed by atoms with Crippen LogP contribution in [0, 0.1) is 0 Å². The Morgan fingerprint density at radius 3 is 2.71 bits per heavy atom. The van der Waals surface area contributed by atoms with Gasteiger partial charge in [-0.1, -0.05) is 18.2 Å². The zero-order valence-corrected chi connectivity index (χ0v) is 16.5. The first-order valence-corrected chi connectivity index (χ1v) is 9.77. The highest BCUT2D eigenvalue weighted by atomic mass is 16.2. The van der Waals surface area contributed by atoms with E-state index in [1.54, 1.807) is 6.92 Å². The van der Waals surface area contributed by atoms with Crippen LogP contribution in [0.3, 0.4) is 0 Å². The van der Waals surface area contributed by atoms with Crippen molar-refractivity contribution in [2.75, 3.05) is 10.2 Å². The predicted octanol–water partition coefficient (Wildman–Crippen LogP) is 4.14. The summed E-state index contributed by atoms with van der Waals surface area (Å²) in [4.78, 5) is 26.4. The van der Waals surface area contributed by atoms with Gasteiger partial charge in [-0.05, 0) is 55.7 Å². The van der Waals surface area contributed by atoms with Gasteiger partial charge in [0.05, 0.1) is 6.42 Å². The molecule has 1 aromatic heterocycles. The molecule has 144 valence electrons. The molecule has 0 bridgehead atoms. The third-order valence-corrected chi connectivity index (χ3v) is 5.48. The van der Waals surface area contributed by atoms with Gasteiger partial charge >= 0.3 is 0 Å². The van der Waals surface area contributed by atoms with Gasteiger partial charge in [0.15, 0.2) is 0 Å². The molecule has 0 radical (unpaired) electrons. The number of fused-ring (bicyclic) bond motifs is 2. The van der Waals surface area contributed by atoms with E-state index < -0.39 is 0 Å². The zero-order chi connectivity index (χ0) is 19.8. The molecule has 5 nitrogen and oxygen atoms in total. The fourth-order valence-electron chi connectivity index (χ4n) is 4.29. The van der Waals surface area contributed by atoms with Crippen LogP contribution in [0.15, 0.2) is 48.7 Å². The van der Waals surface area contributed by atoms with Gasteiger partial charge in [0, 0.05) is 48.0 Å². The summed E-state index contributed by atoms with van der Waals surface area (Å²) in [6.45, 7) is 6.61. The molecule has 1 unspecified atom stereocenters. The van der Waals surface area contributed by atoms with Crippen molar-refractivity contribution in [3.63, 3.8) is 0 Å². The van der Waals surface area contributed by atoms with Gasteiger partial charge in [-0.25, -0.2) is 0 Å². The molecule has 4 rings (SSSR count). The van der Waals surface area contributed by atoms with Crippen molar-refractivity contribution < 1.29 is 9.59 Å². The quantitative estimate of drug-likeness (QED) is 0.745. The van der Waals surface area contributed by atoms with Gasteiger partial charge in [-0.3, -0.25) is 9.59 Å². The minimum absolute atomic E-state index is 0.0339. The molecule has 0 spiro atoms. The maximum Gasteiger partial charge on any atom is 0.228 e. The van der Waals surface area contributed by atoms with Crippen LogP contribution >= 0.6 is 0 Å². The Morgan fingerprint density at radius 2 is 1.96 bits per heavy atom. The number of hydrogen-bond acceptors (Lipinski definition) is 2. The number of aryl methyl sites for hydroxylation is 1. The third kappa shape index (κ3) is 3.17. The number of anilines is 2. The number of aromatic nitrogens is 1. The van der Waals surface area contributed by atoms with Crippen LogP contribution < -0.4 is 10.2 Å².